The molecule has 2 aromatic rings. The molecule has 0 spiro atoms. The predicted octanol–water partition coefficient (Wildman–Crippen LogP) is 1.98. The zero-order valence-corrected chi connectivity index (χ0v) is 13.3. The van der Waals surface area contributed by atoms with Crippen LogP contribution in [0.3, 0.4) is 0 Å². The molecular formula is C16H12ClN3O4. The number of rotatable bonds is 4. The Morgan fingerprint density at radius 2 is 2.08 bits per heavy atom. The Morgan fingerprint density at radius 3 is 2.75 bits per heavy atom. The first kappa shape index (κ1) is 15.9. The molecule has 1 N–H and O–H groups in total. The lowest BCUT2D eigenvalue weighted by Crippen LogP contribution is -2.37. The van der Waals surface area contributed by atoms with E-state index < -0.39 is 24.3 Å². The number of hydrogen-bond acceptors (Lipinski definition) is 5. The summed E-state index contributed by atoms with van der Waals surface area (Å²) in [6.07, 6.45) is 1.42. The molecule has 0 saturated heterocycles. The molecule has 24 heavy (non-hydrogen) atoms. The summed E-state index contributed by atoms with van der Waals surface area (Å²) in [5, 5.41) is 2.92. The zero-order chi connectivity index (χ0) is 17.3. The van der Waals surface area contributed by atoms with Gasteiger partial charge in [-0.25, -0.2) is 0 Å². The van der Waals surface area contributed by atoms with E-state index in [2.05, 4.69) is 10.3 Å². The minimum absolute atomic E-state index is 0.0581. The van der Waals surface area contributed by atoms with Crippen LogP contribution in [0.4, 0.5) is 5.69 Å². The van der Waals surface area contributed by atoms with Crippen LogP contribution in [-0.2, 0) is 4.79 Å². The first-order valence-electron chi connectivity index (χ1n) is 6.96. The lowest BCUT2D eigenvalue weighted by molar-refractivity contribution is -0.116. The molecule has 8 heteroatoms. The second-order valence-corrected chi connectivity index (χ2v) is 5.40. The number of nitrogens with one attached hydrogen (secondary N) is 1. The van der Waals surface area contributed by atoms with Crippen LogP contribution in [0.2, 0.25) is 5.02 Å². The predicted molar refractivity (Wildman–Crippen MR) is 86.2 cm³/mol. The number of aromatic nitrogens is 1. The molecule has 1 aromatic heterocycles. The maximum absolute atomic E-state index is 12.2. The Bertz CT molecular complexity index is 818. The van der Waals surface area contributed by atoms with Gasteiger partial charge in [-0.2, -0.15) is 0 Å². The van der Waals surface area contributed by atoms with Crippen LogP contribution < -0.4 is 10.1 Å². The third-order valence-electron chi connectivity index (χ3n) is 3.47. The second-order valence-electron chi connectivity index (χ2n) is 4.99. The summed E-state index contributed by atoms with van der Waals surface area (Å²) >= 11 is 5.99. The number of pyridine rings is 1. The molecule has 3 amide bonds. The van der Waals surface area contributed by atoms with Crippen molar-refractivity contribution in [1.29, 1.82) is 0 Å². The smallest absolute Gasteiger partial charge is 0.280 e. The van der Waals surface area contributed by atoms with Crippen molar-refractivity contribution in [2.75, 3.05) is 19.0 Å². The molecule has 1 aromatic carbocycles. The Labute approximate surface area is 142 Å². The summed E-state index contributed by atoms with van der Waals surface area (Å²) in [5.74, 6) is -1.17. The Hall–Kier alpha value is -2.93. The van der Waals surface area contributed by atoms with E-state index in [1.807, 2.05) is 0 Å². The Balaban J connectivity index is 1.71. The number of hydrogen-bond donors (Lipinski definition) is 1. The lowest BCUT2D eigenvalue weighted by Gasteiger charge is -2.13. The summed E-state index contributed by atoms with van der Waals surface area (Å²) in [6.45, 7) is -0.405. The monoisotopic (exact) mass is 345 g/mol. The van der Waals surface area contributed by atoms with Crippen LogP contribution in [-0.4, -0.2) is 41.3 Å². The Kier molecular flexibility index (Phi) is 4.18. The van der Waals surface area contributed by atoms with Crippen LogP contribution in [0.1, 0.15) is 20.8 Å². The molecule has 0 saturated carbocycles. The van der Waals surface area contributed by atoms with Gasteiger partial charge in [0.25, 0.3) is 11.8 Å². The number of carbonyl (C=O) groups is 3. The average molecular weight is 346 g/mol. The molecule has 0 atom stereocenters. The molecule has 7 nitrogen and oxygen atoms in total. The van der Waals surface area contributed by atoms with Crippen LogP contribution in [0, 0.1) is 0 Å². The van der Waals surface area contributed by atoms with Crippen molar-refractivity contribution in [1.82, 2.24) is 9.88 Å². The normalized spacial score (nSPS) is 13.0. The molecule has 2 heterocycles. The molecule has 122 valence electrons. The van der Waals surface area contributed by atoms with Gasteiger partial charge in [0.1, 0.15) is 18.0 Å². The first-order chi connectivity index (χ1) is 11.5. The number of fused-ring (bicyclic) bond motifs is 1. The molecular weight excluding hydrogens is 334 g/mol. The second kappa shape index (κ2) is 6.29. The number of anilines is 1. The van der Waals surface area contributed by atoms with Crippen molar-refractivity contribution in [2.24, 2.45) is 0 Å². The van der Waals surface area contributed by atoms with E-state index in [4.69, 9.17) is 16.3 Å². The van der Waals surface area contributed by atoms with E-state index in [9.17, 15) is 14.4 Å². The van der Waals surface area contributed by atoms with Gasteiger partial charge in [-0.3, -0.25) is 24.3 Å². The summed E-state index contributed by atoms with van der Waals surface area (Å²) < 4.78 is 5.03. The van der Waals surface area contributed by atoms with Crippen molar-refractivity contribution >= 4 is 35.0 Å². The molecule has 0 fully saturated rings. The largest absolute Gasteiger partial charge is 0.495 e. The SMILES string of the molecule is COc1ccc(NC(=O)CN2C(=O)c3cccnc3C2=O)cc1Cl. The van der Waals surface area contributed by atoms with Crippen LogP contribution in [0.5, 0.6) is 5.75 Å². The van der Waals surface area contributed by atoms with Crippen LogP contribution in [0.15, 0.2) is 36.5 Å². The van der Waals surface area contributed by atoms with Gasteiger partial charge in [-0.05, 0) is 30.3 Å². The van der Waals surface area contributed by atoms with E-state index in [0.29, 0.717) is 16.5 Å². The van der Waals surface area contributed by atoms with Crippen molar-refractivity contribution in [2.45, 2.75) is 0 Å². The topological polar surface area (TPSA) is 88.6 Å². The number of nitrogens with zero attached hydrogens (tertiary/aromatic N) is 2. The van der Waals surface area contributed by atoms with Gasteiger partial charge in [0.2, 0.25) is 5.91 Å². The molecule has 0 unspecified atom stereocenters. The van der Waals surface area contributed by atoms with E-state index in [1.54, 1.807) is 18.2 Å². The number of benzene rings is 1. The van der Waals surface area contributed by atoms with Gasteiger partial charge in [-0.1, -0.05) is 11.6 Å². The van der Waals surface area contributed by atoms with Gasteiger partial charge in [0, 0.05) is 11.9 Å². The van der Waals surface area contributed by atoms with E-state index >= 15 is 0 Å². The van der Waals surface area contributed by atoms with Gasteiger partial charge in [0.15, 0.2) is 0 Å². The summed E-state index contributed by atoms with van der Waals surface area (Å²) in [5.41, 5.74) is 0.686. The number of carbonyl (C=O) groups excluding carboxylic acids is 3. The van der Waals surface area contributed by atoms with Crippen molar-refractivity contribution < 1.29 is 19.1 Å². The van der Waals surface area contributed by atoms with E-state index in [-0.39, 0.29) is 11.3 Å². The summed E-state index contributed by atoms with van der Waals surface area (Å²) in [6, 6.07) is 7.79. The van der Waals surface area contributed by atoms with Crippen molar-refractivity contribution in [3.63, 3.8) is 0 Å². The van der Waals surface area contributed by atoms with Gasteiger partial charge < -0.3 is 10.1 Å². The first-order valence-corrected chi connectivity index (χ1v) is 7.33. The summed E-state index contributed by atoms with van der Waals surface area (Å²) in [4.78, 5) is 41.2. The number of ether oxygens (including phenoxy) is 1. The highest BCUT2D eigenvalue weighted by molar-refractivity contribution is 6.32. The number of imide groups is 1. The molecule has 3 rings (SSSR count). The van der Waals surface area contributed by atoms with Crippen LogP contribution >= 0.6 is 11.6 Å². The zero-order valence-electron chi connectivity index (χ0n) is 12.6. The summed E-state index contributed by atoms with van der Waals surface area (Å²) in [7, 11) is 1.48. The quantitative estimate of drug-likeness (QED) is 0.856. The minimum Gasteiger partial charge on any atom is -0.495 e. The third-order valence-corrected chi connectivity index (χ3v) is 3.76. The molecule has 0 aliphatic carbocycles. The number of amides is 3. The fourth-order valence-electron chi connectivity index (χ4n) is 2.35. The van der Waals surface area contributed by atoms with Crippen molar-refractivity contribution in [3.8, 4) is 5.75 Å². The van der Waals surface area contributed by atoms with Gasteiger partial charge in [-0.15, -0.1) is 0 Å². The fourth-order valence-corrected chi connectivity index (χ4v) is 2.60. The minimum atomic E-state index is -0.585. The highest BCUT2D eigenvalue weighted by atomic mass is 35.5. The lowest BCUT2D eigenvalue weighted by atomic mass is 10.2. The van der Waals surface area contributed by atoms with E-state index in [0.717, 1.165) is 4.90 Å². The Morgan fingerprint density at radius 1 is 1.29 bits per heavy atom. The molecule has 0 bridgehead atoms. The maximum atomic E-state index is 12.2. The molecule has 1 aliphatic rings. The highest BCUT2D eigenvalue weighted by Gasteiger charge is 2.37. The van der Waals surface area contributed by atoms with Crippen molar-refractivity contribution in [3.05, 3.63) is 52.8 Å². The number of halogens is 1. The fraction of sp³-hybridized carbons (Fsp3) is 0.125. The molecule has 0 radical (unpaired) electrons. The standard InChI is InChI=1S/C16H12ClN3O4/c1-24-12-5-4-9(7-11(12)17)19-13(21)8-20-15(22)10-3-2-6-18-14(10)16(20)23/h2-7H,8H2,1H3,(H,19,21). The average Bonchev–Trinajstić information content (AvgIpc) is 2.80. The molecule has 1 aliphatic heterocycles. The number of methoxy groups -OCH3 is 1. The van der Waals surface area contributed by atoms with Gasteiger partial charge >= 0.3 is 0 Å². The highest BCUT2D eigenvalue weighted by Crippen LogP contribution is 2.27. The van der Waals surface area contributed by atoms with Crippen LogP contribution in [0.25, 0.3) is 0 Å². The van der Waals surface area contributed by atoms with E-state index in [1.165, 1.54) is 25.4 Å². The maximum Gasteiger partial charge on any atom is 0.280 e. The van der Waals surface area contributed by atoms with Gasteiger partial charge in [0.05, 0.1) is 17.7 Å². The third kappa shape index (κ3) is 2.81.